The van der Waals surface area contributed by atoms with Gasteiger partial charge in [-0.1, -0.05) is 30.3 Å². The molecule has 1 aliphatic rings. The van der Waals surface area contributed by atoms with Gasteiger partial charge in [0, 0.05) is 6.54 Å². The van der Waals surface area contributed by atoms with Crippen LogP contribution in [0.25, 0.3) is 0 Å². The number of carbonyl (C=O) groups is 2. The monoisotopic (exact) mass is 231 g/mol. The van der Waals surface area contributed by atoms with E-state index < -0.39 is 5.41 Å². The van der Waals surface area contributed by atoms with Gasteiger partial charge in [0.05, 0.1) is 5.41 Å². The van der Waals surface area contributed by atoms with Gasteiger partial charge < -0.3 is 9.59 Å². The first kappa shape index (κ1) is 12.0. The molecule has 0 N–H and O–H groups in total. The van der Waals surface area contributed by atoms with Crippen molar-refractivity contribution in [2.75, 3.05) is 13.1 Å². The van der Waals surface area contributed by atoms with Crippen LogP contribution in [0.2, 0.25) is 0 Å². The van der Waals surface area contributed by atoms with E-state index in [1.165, 1.54) is 5.56 Å². The Bertz CT molecular complexity index is 370. The Kier molecular flexibility index (Phi) is 3.69. The highest BCUT2D eigenvalue weighted by molar-refractivity contribution is 5.83. The predicted octanol–water partition coefficient (Wildman–Crippen LogP) is 1.67. The van der Waals surface area contributed by atoms with E-state index in [0.29, 0.717) is 12.8 Å². The first-order valence-corrected chi connectivity index (χ1v) is 5.97. The highest BCUT2D eigenvalue weighted by Gasteiger charge is 2.33. The minimum absolute atomic E-state index is 0.646. The summed E-state index contributed by atoms with van der Waals surface area (Å²) in [4.78, 5) is 24.1. The SMILES string of the molecule is O=CC1(C=O)CCN(Cc2ccccc2)CC1. The highest BCUT2D eigenvalue weighted by Crippen LogP contribution is 2.27. The Labute approximate surface area is 101 Å². The fraction of sp³-hybridized carbons (Fsp3) is 0.429. The lowest BCUT2D eigenvalue weighted by Crippen LogP contribution is -2.41. The number of likely N-dealkylation sites (tertiary alicyclic amines) is 1. The lowest BCUT2D eigenvalue weighted by molar-refractivity contribution is -0.129. The van der Waals surface area contributed by atoms with Gasteiger partial charge >= 0.3 is 0 Å². The zero-order valence-electron chi connectivity index (χ0n) is 9.84. The molecule has 0 amide bonds. The number of benzene rings is 1. The van der Waals surface area contributed by atoms with Gasteiger partial charge in [-0.05, 0) is 31.5 Å². The largest absolute Gasteiger partial charge is 0.302 e. The van der Waals surface area contributed by atoms with Gasteiger partial charge in [-0.3, -0.25) is 4.90 Å². The molecule has 1 aromatic rings. The van der Waals surface area contributed by atoms with Crippen molar-refractivity contribution < 1.29 is 9.59 Å². The molecule has 0 radical (unpaired) electrons. The lowest BCUT2D eigenvalue weighted by atomic mass is 9.81. The Morgan fingerprint density at radius 3 is 2.18 bits per heavy atom. The number of hydrogen-bond donors (Lipinski definition) is 0. The molecule has 1 heterocycles. The smallest absolute Gasteiger partial charge is 0.133 e. The van der Waals surface area contributed by atoms with Gasteiger partial charge in [-0.2, -0.15) is 0 Å². The summed E-state index contributed by atoms with van der Waals surface area (Å²) < 4.78 is 0. The second-order valence-electron chi connectivity index (χ2n) is 4.73. The normalized spacial score (nSPS) is 19.8. The van der Waals surface area contributed by atoms with Crippen molar-refractivity contribution in [3.8, 4) is 0 Å². The summed E-state index contributed by atoms with van der Waals surface area (Å²) in [5.74, 6) is 0. The molecule has 0 unspecified atom stereocenters. The first-order chi connectivity index (χ1) is 8.28. The molecule has 0 bridgehead atoms. The van der Waals surface area contributed by atoms with Crippen LogP contribution in [0.3, 0.4) is 0 Å². The summed E-state index contributed by atoms with van der Waals surface area (Å²) in [7, 11) is 0. The van der Waals surface area contributed by atoms with Crippen LogP contribution in [-0.2, 0) is 16.1 Å². The number of nitrogens with zero attached hydrogens (tertiary/aromatic N) is 1. The standard InChI is InChI=1S/C14H17NO2/c16-11-14(12-17)6-8-15(9-7-14)10-13-4-2-1-3-5-13/h1-5,11-12H,6-10H2. The van der Waals surface area contributed by atoms with E-state index in [4.69, 9.17) is 0 Å². The zero-order valence-corrected chi connectivity index (χ0v) is 9.84. The molecule has 1 aromatic carbocycles. The number of carbonyl (C=O) groups excluding carboxylic acids is 2. The van der Waals surface area contributed by atoms with Crippen molar-refractivity contribution >= 4 is 12.6 Å². The molecular formula is C14H17NO2. The molecule has 1 aliphatic heterocycles. The van der Waals surface area contributed by atoms with Crippen LogP contribution in [0.4, 0.5) is 0 Å². The third-order valence-corrected chi connectivity index (χ3v) is 3.51. The number of aldehydes is 2. The zero-order chi connectivity index (χ0) is 12.1. The van der Waals surface area contributed by atoms with Crippen LogP contribution in [0.15, 0.2) is 30.3 Å². The summed E-state index contributed by atoms with van der Waals surface area (Å²) in [6.07, 6.45) is 2.93. The van der Waals surface area contributed by atoms with E-state index in [1.807, 2.05) is 18.2 Å². The predicted molar refractivity (Wildman–Crippen MR) is 65.5 cm³/mol. The number of rotatable bonds is 4. The average molecular weight is 231 g/mol. The van der Waals surface area contributed by atoms with Crippen molar-refractivity contribution in [2.45, 2.75) is 19.4 Å². The Hall–Kier alpha value is -1.48. The van der Waals surface area contributed by atoms with Crippen LogP contribution in [-0.4, -0.2) is 30.6 Å². The maximum absolute atomic E-state index is 10.9. The van der Waals surface area contributed by atoms with Gasteiger partial charge in [0.25, 0.3) is 0 Å². The molecule has 90 valence electrons. The maximum Gasteiger partial charge on any atom is 0.133 e. The summed E-state index contributed by atoms with van der Waals surface area (Å²) in [6.45, 7) is 2.52. The van der Waals surface area contributed by atoms with Gasteiger partial charge in [-0.15, -0.1) is 0 Å². The molecule has 1 fully saturated rings. The third-order valence-electron chi connectivity index (χ3n) is 3.51. The number of hydrogen-bond acceptors (Lipinski definition) is 3. The van der Waals surface area contributed by atoms with Crippen molar-refractivity contribution in [1.82, 2.24) is 4.90 Å². The topological polar surface area (TPSA) is 37.4 Å². The molecule has 0 atom stereocenters. The minimum atomic E-state index is -0.715. The van der Waals surface area contributed by atoms with Crippen molar-refractivity contribution in [1.29, 1.82) is 0 Å². The van der Waals surface area contributed by atoms with Gasteiger partial charge in [0.15, 0.2) is 0 Å². The Balaban J connectivity index is 1.92. The lowest BCUT2D eigenvalue weighted by Gasteiger charge is -2.34. The molecule has 3 heteroatoms. The van der Waals surface area contributed by atoms with Crippen LogP contribution in [0, 0.1) is 5.41 Å². The molecule has 1 saturated heterocycles. The second-order valence-corrected chi connectivity index (χ2v) is 4.73. The van der Waals surface area contributed by atoms with Crippen LogP contribution < -0.4 is 0 Å². The summed E-state index contributed by atoms with van der Waals surface area (Å²) in [5.41, 5.74) is 0.560. The van der Waals surface area contributed by atoms with E-state index in [9.17, 15) is 9.59 Å². The van der Waals surface area contributed by atoms with Gasteiger partial charge in [-0.25, -0.2) is 0 Å². The third kappa shape index (κ3) is 2.80. The van der Waals surface area contributed by atoms with Gasteiger partial charge in [0.1, 0.15) is 12.6 Å². The Morgan fingerprint density at radius 2 is 1.65 bits per heavy atom. The van der Waals surface area contributed by atoms with Gasteiger partial charge in [0.2, 0.25) is 0 Å². The quantitative estimate of drug-likeness (QED) is 0.584. The molecular weight excluding hydrogens is 214 g/mol. The second kappa shape index (κ2) is 5.23. The first-order valence-electron chi connectivity index (χ1n) is 5.97. The summed E-state index contributed by atoms with van der Waals surface area (Å²) in [5, 5.41) is 0. The molecule has 0 saturated carbocycles. The van der Waals surface area contributed by atoms with Crippen LogP contribution >= 0.6 is 0 Å². The molecule has 0 aromatic heterocycles. The molecule has 2 rings (SSSR count). The maximum atomic E-state index is 10.9. The fourth-order valence-corrected chi connectivity index (χ4v) is 2.23. The average Bonchev–Trinajstić information content (AvgIpc) is 2.41. The minimum Gasteiger partial charge on any atom is -0.302 e. The van der Waals surface area contributed by atoms with E-state index in [-0.39, 0.29) is 0 Å². The highest BCUT2D eigenvalue weighted by atomic mass is 16.1. The van der Waals surface area contributed by atoms with Crippen LogP contribution in [0.5, 0.6) is 0 Å². The summed E-state index contributed by atoms with van der Waals surface area (Å²) in [6, 6.07) is 10.3. The van der Waals surface area contributed by atoms with E-state index in [1.54, 1.807) is 0 Å². The van der Waals surface area contributed by atoms with Crippen molar-refractivity contribution in [3.63, 3.8) is 0 Å². The number of piperidine rings is 1. The molecule has 3 nitrogen and oxygen atoms in total. The summed E-state index contributed by atoms with van der Waals surface area (Å²) >= 11 is 0. The molecule has 17 heavy (non-hydrogen) atoms. The van der Waals surface area contributed by atoms with Crippen molar-refractivity contribution in [2.24, 2.45) is 5.41 Å². The molecule has 0 aliphatic carbocycles. The van der Waals surface area contributed by atoms with E-state index >= 15 is 0 Å². The molecule has 0 spiro atoms. The van der Waals surface area contributed by atoms with Crippen molar-refractivity contribution in [3.05, 3.63) is 35.9 Å². The van der Waals surface area contributed by atoms with E-state index in [0.717, 1.165) is 32.2 Å². The van der Waals surface area contributed by atoms with E-state index in [2.05, 4.69) is 17.0 Å². The fourth-order valence-electron chi connectivity index (χ4n) is 2.23. The van der Waals surface area contributed by atoms with Crippen LogP contribution in [0.1, 0.15) is 18.4 Å². The Morgan fingerprint density at radius 1 is 1.06 bits per heavy atom.